The Labute approximate surface area is 65.7 Å². The van der Waals surface area contributed by atoms with Crippen LogP contribution < -0.4 is 0 Å². The molecule has 0 rings (SSSR count). The van der Waals surface area contributed by atoms with E-state index in [1.54, 1.807) is 0 Å². The number of rotatable bonds is 2. The van der Waals surface area contributed by atoms with Crippen molar-refractivity contribution in [2.45, 2.75) is 10.2 Å². The average molecular weight is 270 g/mol. The first-order valence-corrected chi connectivity index (χ1v) is 4.83. The molecule has 0 bridgehead atoms. The minimum atomic E-state index is -4.18. The fraction of sp³-hybridized carbons (Fsp3) is 1.00. The smallest absolute Gasteiger partial charge is 0.222 e. The Bertz CT molecular complexity index is 180. The van der Waals surface area contributed by atoms with Crippen molar-refractivity contribution in [2.24, 2.45) is 0 Å². The summed E-state index contributed by atoms with van der Waals surface area (Å²) in [4.78, 5) is 0. The summed E-state index contributed by atoms with van der Waals surface area (Å²) in [5.74, 6) is -0.525. The van der Waals surface area contributed by atoms with Crippen LogP contribution in [0.4, 0.5) is 8.78 Å². The minimum Gasteiger partial charge on any atom is -0.222 e. The van der Waals surface area contributed by atoms with Crippen LogP contribution in [-0.4, -0.2) is 17.4 Å². The molecule has 0 saturated carbocycles. The highest BCUT2D eigenvalue weighted by molar-refractivity contribution is 14.1. The van der Waals surface area contributed by atoms with E-state index in [1.165, 1.54) is 6.92 Å². The molecule has 0 spiro atoms. The van der Waals surface area contributed by atoms with Gasteiger partial charge in [-0.15, -0.1) is 0 Å². The molecule has 0 atom stereocenters. The third kappa shape index (κ3) is 2.32. The van der Waals surface area contributed by atoms with E-state index in [1.807, 2.05) is 0 Å². The molecule has 6 heteroatoms. The summed E-state index contributed by atoms with van der Waals surface area (Å²) in [6.07, 6.45) is 0. The molecule has 2 nitrogen and oxygen atoms in total. The number of halogens is 3. The third-order valence-electron chi connectivity index (χ3n) is 0.733. The Balaban J connectivity index is 4.57. The second kappa shape index (κ2) is 2.65. The lowest BCUT2D eigenvalue weighted by molar-refractivity contribution is 0.216. The summed E-state index contributed by atoms with van der Waals surface area (Å²) < 4.78 is 40.7. The van der Waals surface area contributed by atoms with Gasteiger partial charge in [-0.1, -0.05) is 6.92 Å². The van der Waals surface area contributed by atoms with E-state index in [0.717, 1.165) is 0 Å². The first-order chi connectivity index (χ1) is 3.81. The topological polar surface area (TPSA) is 34.1 Å². The lowest BCUT2D eigenvalue weighted by atomic mass is 11.0. The van der Waals surface area contributed by atoms with Gasteiger partial charge in [0.1, 0.15) is 0 Å². The summed E-state index contributed by atoms with van der Waals surface area (Å²) in [5, 5.41) is 0. The number of hydrogen-bond acceptors (Lipinski definition) is 2. The second-order valence-corrected chi connectivity index (χ2v) is 5.76. The molecule has 0 radical (unpaired) electrons. The van der Waals surface area contributed by atoms with Crippen LogP contribution in [0, 0.1) is 0 Å². The van der Waals surface area contributed by atoms with Crippen molar-refractivity contribution in [1.82, 2.24) is 0 Å². The first-order valence-electron chi connectivity index (χ1n) is 2.10. The molecule has 0 aliphatic carbocycles. The van der Waals surface area contributed by atoms with Crippen LogP contribution in [0.2, 0.25) is 0 Å². The molecule has 56 valence electrons. The zero-order valence-electron chi connectivity index (χ0n) is 4.57. The van der Waals surface area contributed by atoms with Crippen molar-refractivity contribution >= 4 is 32.4 Å². The zero-order chi connectivity index (χ0) is 7.71. The summed E-state index contributed by atoms with van der Waals surface area (Å²) >= 11 is 0.598. The van der Waals surface area contributed by atoms with E-state index in [0.29, 0.717) is 22.6 Å². The van der Waals surface area contributed by atoms with Crippen LogP contribution in [0.5, 0.6) is 0 Å². The molecule has 0 aromatic heterocycles. The van der Waals surface area contributed by atoms with Crippen molar-refractivity contribution in [3.63, 3.8) is 0 Å². The summed E-state index contributed by atoms with van der Waals surface area (Å²) in [6.45, 7) is 1.18. The van der Waals surface area contributed by atoms with Crippen molar-refractivity contribution in [1.29, 1.82) is 0 Å². The quantitative estimate of drug-likeness (QED) is 0.561. The molecular formula is C3H5F2IO2S. The summed E-state index contributed by atoms with van der Waals surface area (Å²) in [7, 11) is -4.18. The molecule has 0 fully saturated rings. The Hall–Kier alpha value is 0.540. The summed E-state index contributed by atoms with van der Waals surface area (Å²) in [6, 6.07) is 0. The van der Waals surface area contributed by atoms with Gasteiger partial charge in [-0.05, 0) is 0 Å². The highest BCUT2D eigenvalue weighted by atomic mass is 127. The predicted molar refractivity (Wildman–Crippen MR) is 38.4 cm³/mol. The monoisotopic (exact) mass is 270 g/mol. The van der Waals surface area contributed by atoms with Crippen LogP contribution in [0.3, 0.4) is 0 Å². The largest absolute Gasteiger partial charge is 0.394 e. The fourth-order valence-corrected chi connectivity index (χ4v) is 1.43. The normalized spacial score (nSPS) is 13.8. The molecule has 0 aromatic carbocycles. The Morgan fingerprint density at radius 2 is 1.89 bits per heavy atom. The van der Waals surface area contributed by atoms with E-state index in [-0.39, 0.29) is 0 Å². The van der Waals surface area contributed by atoms with Crippen LogP contribution in [0.1, 0.15) is 6.92 Å². The molecule has 0 aliphatic rings. The molecule has 0 N–H and O–H groups in total. The molecular weight excluding hydrogens is 265 g/mol. The van der Waals surface area contributed by atoms with E-state index in [4.69, 9.17) is 0 Å². The predicted octanol–water partition coefficient (Wildman–Crippen LogP) is 1.41. The molecule has 0 amide bonds. The highest BCUT2D eigenvalue weighted by Gasteiger charge is 2.39. The van der Waals surface area contributed by atoms with Crippen molar-refractivity contribution in [3.05, 3.63) is 0 Å². The van der Waals surface area contributed by atoms with Gasteiger partial charge in [0.2, 0.25) is 9.84 Å². The van der Waals surface area contributed by atoms with Gasteiger partial charge in [-0.3, -0.25) is 0 Å². The molecule has 0 aliphatic heterocycles. The molecule has 0 saturated heterocycles. The maximum atomic E-state index is 11.9. The van der Waals surface area contributed by atoms with Crippen molar-refractivity contribution in [3.8, 4) is 0 Å². The van der Waals surface area contributed by atoms with E-state index >= 15 is 0 Å². The molecule has 0 unspecified atom stereocenters. The Morgan fingerprint density at radius 3 is 1.89 bits per heavy atom. The molecule has 0 aromatic rings. The van der Waals surface area contributed by atoms with Crippen LogP contribution in [0.15, 0.2) is 0 Å². The van der Waals surface area contributed by atoms with Crippen LogP contribution >= 0.6 is 22.6 Å². The molecule has 0 heterocycles. The van der Waals surface area contributed by atoms with Crippen LogP contribution in [-0.2, 0) is 9.84 Å². The second-order valence-electron chi connectivity index (χ2n) is 1.35. The molecule has 9 heavy (non-hydrogen) atoms. The standard InChI is InChI=1S/C3H5F2IO2S/c1-2-9(7,8)3(4,5)6/h2H2,1H3. The van der Waals surface area contributed by atoms with Crippen molar-refractivity contribution < 1.29 is 17.2 Å². The minimum absolute atomic E-state index is 0.525. The van der Waals surface area contributed by atoms with Gasteiger partial charge in [0.25, 0.3) is 0 Å². The number of sulfone groups is 1. The van der Waals surface area contributed by atoms with Gasteiger partial charge in [-0.2, -0.15) is 8.78 Å². The van der Waals surface area contributed by atoms with Gasteiger partial charge in [-0.25, -0.2) is 8.42 Å². The van der Waals surface area contributed by atoms with Gasteiger partial charge < -0.3 is 0 Å². The number of hydrogen-bond donors (Lipinski definition) is 0. The maximum absolute atomic E-state index is 11.9. The van der Waals surface area contributed by atoms with E-state index in [2.05, 4.69) is 0 Å². The Morgan fingerprint density at radius 1 is 1.56 bits per heavy atom. The lowest BCUT2D eigenvalue weighted by Crippen LogP contribution is -2.22. The summed E-state index contributed by atoms with van der Waals surface area (Å²) in [5.41, 5.74) is 0. The Kier molecular flexibility index (Phi) is 2.81. The van der Waals surface area contributed by atoms with E-state index < -0.39 is 18.9 Å². The van der Waals surface area contributed by atoms with Crippen molar-refractivity contribution in [2.75, 3.05) is 5.75 Å². The highest BCUT2D eigenvalue weighted by Crippen LogP contribution is 2.29. The van der Waals surface area contributed by atoms with Gasteiger partial charge in [0, 0.05) is 22.6 Å². The fourth-order valence-electron chi connectivity index (χ4n) is 0.164. The zero-order valence-corrected chi connectivity index (χ0v) is 7.54. The average Bonchev–Trinajstić information content (AvgIpc) is 1.64. The van der Waals surface area contributed by atoms with E-state index in [9.17, 15) is 17.2 Å². The third-order valence-corrected chi connectivity index (χ3v) is 4.21. The van der Waals surface area contributed by atoms with Crippen LogP contribution in [0.25, 0.3) is 0 Å². The first kappa shape index (κ1) is 9.54. The van der Waals surface area contributed by atoms with Gasteiger partial charge in [0.15, 0.2) is 0 Å². The van der Waals surface area contributed by atoms with Gasteiger partial charge in [0.05, 0.1) is 5.75 Å². The number of alkyl halides is 3. The SMILES string of the molecule is CCS(=O)(=O)C(F)(F)I. The maximum Gasteiger partial charge on any atom is 0.394 e. The van der Waals surface area contributed by atoms with Gasteiger partial charge >= 0.3 is 3.26 Å². The lowest BCUT2D eigenvalue weighted by Gasteiger charge is -2.05.